The van der Waals surface area contributed by atoms with Gasteiger partial charge in [0.2, 0.25) is 0 Å². The second kappa shape index (κ2) is 3.98. The Morgan fingerprint density at radius 1 is 1.50 bits per heavy atom. The number of rotatable bonds is 3. The monoisotopic (exact) mass is 218 g/mol. The Kier molecular flexibility index (Phi) is 2.66. The summed E-state index contributed by atoms with van der Waals surface area (Å²) in [7, 11) is 0. The molecular weight excluding hydrogens is 204 g/mol. The largest absolute Gasteiger partial charge is 0.480 e. The normalized spacial score (nSPS) is 12.9. The van der Waals surface area contributed by atoms with Crippen molar-refractivity contribution in [1.82, 2.24) is 4.57 Å². The van der Waals surface area contributed by atoms with Crippen LogP contribution >= 0.6 is 0 Å². The topological polar surface area (TPSA) is 68.2 Å². The minimum Gasteiger partial charge on any atom is -0.480 e. The average Bonchev–Trinajstić information content (AvgIpc) is 2.61. The van der Waals surface area contributed by atoms with Gasteiger partial charge < -0.3 is 15.4 Å². The number of benzene rings is 1. The summed E-state index contributed by atoms with van der Waals surface area (Å²) in [6.07, 6.45) is 1.87. The van der Waals surface area contributed by atoms with Crippen molar-refractivity contribution < 1.29 is 9.90 Å². The van der Waals surface area contributed by atoms with Gasteiger partial charge in [-0.3, -0.25) is 4.79 Å². The highest BCUT2D eigenvalue weighted by Gasteiger charge is 2.12. The van der Waals surface area contributed by atoms with Crippen molar-refractivity contribution in [2.45, 2.75) is 19.5 Å². The number of nitrogens with two attached hydrogens (primary N) is 1. The van der Waals surface area contributed by atoms with Crippen molar-refractivity contribution in [2.24, 2.45) is 5.73 Å². The van der Waals surface area contributed by atoms with Crippen molar-refractivity contribution >= 4 is 16.9 Å². The summed E-state index contributed by atoms with van der Waals surface area (Å²) in [6, 6.07) is 7.18. The number of carboxylic acid groups (broad SMARTS) is 1. The predicted octanol–water partition coefficient (Wildman–Crippen LogP) is 1.36. The molecule has 1 unspecified atom stereocenters. The van der Waals surface area contributed by atoms with Gasteiger partial charge in [0.15, 0.2) is 0 Å². The predicted molar refractivity (Wildman–Crippen MR) is 62.3 cm³/mol. The number of fused-ring (bicyclic) bond motifs is 1. The van der Waals surface area contributed by atoms with Crippen molar-refractivity contribution in [3.05, 3.63) is 36.0 Å². The molecule has 0 saturated carbocycles. The van der Waals surface area contributed by atoms with Crippen LogP contribution in [0.15, 0.2) is 30.5 Å². The van der Waals surface area contributed by atoms with Crippen molar-refractivity contribution in [3.63, 3.8) is 0 Å². The first-order valence-electron chi connectivity index (χ1n) is 5.12. The Hall–Kier alpha value is -1.81. The van der Waals surface area contributed by atoms with Gasteiger partial charge in [-0.1, -0.05) is 12.1 Å². The Bertz CT molecular complexity index is 531. The van der Waals surface area contributed by atoms with Crippen LogP contribution < -0.4 is 5.73 Å². The fraction of sp³-hybridized carbons (Fsp3) is 0.250. The van der Waals surface area contributed by atoms with Crippen molar-refractivity contribution in [1.29, 1.82) is 0 Å². The summed E-state index contributed by atoms with van der Waals surface area (Å²) in [4.78, 5) is 10.7. The van der Waals surface area contributed by atoms with Gasteiger partial charge in [-0.05, 0) is 30.0 Å². The zero-order valence-electron chi connectivity index (χ0n) is 9.05. The maximum atomic E-state index is 10.7. The molecule has 0 bridgehead atoms. The van der Waals surface area contributed by atoms with Gasteiger partial charge in [-0.15, -0.1) is 0 Å². The molecule has 0 amide bonds. The number of carboxylic acids is 1. The fourth-order valence-corrected chi connectivity index (χ4v) is 1.74. The minimum absolute atomic E-state index is 0.294. The van der Waals surface area contributed by atoms with E-state index < -0.39 is 12.0 Å². The van der Waals surface area contributed by atoms with Gasteiger partial charge in [0.25, 0.3) is 0 Å². The number of hydrogen-bond acceptors (Lipinski definition) is 2. The molecule has 4 heteroatoms. The van der Waals surface area contributed by atoms with Gasteiger partial charge in [0, 0.05) is 18.3 Å². The Labute approximate surface area is 93.3 Å². The van der Waals surface area contributed by atoms with Gasteiger partial charge in [-0.2, -0.15) is 0 Å². The van der Waals surface area contributed by atoms with E-state index in [1.165, 1.54) is 0 Å². The Balaban J connectivity index is 2.37. The molecule has 0 aliphatic rings. The van der Waals surface area contributed by atoms with Crippen LogP contribution in [0.5, 0.6) is 0 Å². The summed E-state index contributed by atoms with van der Waals surface area (Å²) in [5, 5.41) is 9.87. The summed E-state index contributed by atoms with van der Waals surface area (Å²) in [6.45, 7) is 2.30. The lowest BCUT2D eigenvalue weighted by Gasteiger charge is -2.09. The van der Waals surface area contributed by atoms with E-state index in [1.54, 1.807) is 0 Å². The Morgan fingerprint density at radius 3 is 2.94 bits per heavy atom. The molecule has 1 atom stereocenters. The first-order valence-corrected chi connectivity index (χ1v) is 5.12. The minimum atomic E-state index is -0.977. The molecule has 0 radical (unpaired) electrons. The molecule has 2 aromatic rings. The lowest BCUT2D eigenvalue weighted by molar-refractivity contribution is -0.138. The third-order valence-electron chi connectivity index (χ3n) is 2.64. The van der Waals surface area contributed by atoms with Crippen LogP contribution in [0.2, 0.25) is 0 Å². The van der Waals surface area contributed by atoms with Crippen LogP contribution in [-0.2, 0) is 11.3 Å². The number of aryl methyl sites for hydroxylation is 1. The third-order valence-corrected chi connectivity index (χ3v) is 2.64. The smallest absolute Gasteiger partial charge is 0.322 e. The molecule has 0 saturated heterocycles. The molecule has 3 N–H and O–H groups in total. The van der Waals surface area contributed by atoms with E-state index in [1.807, 2.05) is 42.0 Å². The summed E-state index contributed by atoms with van der Waals surface area (Å²) in [5.41, 5.74) is 7.69. The van der Waals surface area contributed by atoms with E-state index in [4.69, 9.17) is 10.8 Å². The van der Waals surface area contributed by atoms with E-state index in [0.717, 1.165) is 16.5 Å². The SMILES string of the molecule is Cc1ccc2ccn(CC(N)C(=O)O)c2c1. The number of carbonyl (C=O) groups is 1. The highest BCUT2D eigenvalue weighted by Crippen LogP contribution is 2.17. The fourth-order valence-electron chi connectivity index (χ4n) is 1.74. The highest BCUT2D eigenvalue weighted by atomic mass is 16.4. The van der Waals surface area contributed by atoms with Crippen LogP contribution in [-0.4, -0.2) is 21.7 Å². The molecule has 16 heavy (non-hydrogen) atoms. The van der Waals surface area contributed by atoms with Gasteiger partial charge in [-0.25, -0.2) is 0 Å². The number of nitrogens with zero attached hydrogens (tertiary/aromatic N) is 1. The molecule has 4 nitrogen and oxygen atoms in total. The molecule has 1 aromatic carbocycles. The summed E-state index contributed by atoms with van der Waals surface area (Å²) in [5.74, 6) is -0.977. The zero-order chi connectivity index (χ0) is 11.7. The number of hydrogen-bond donors (Lipinski definition) is 2. The number of aromatic nitrogens is 1. The molecule has 0 aliphatic carbocycles. The third kappa shape index (κ3) is 1.92. The summed E-state index contributed by atoms with van der Waals surface area (Å²) >= 11 is 0. The first kappa shape index (κ1) is 10.7. The second-order valence-corrected chi connectivity index (χ2v) is 3.98. The average molecular weight is 218 g/mol. The van der Waals surface area contributed by atoms with E-state index >= 15 is 0 Å². The molecule has 1 aromatic heterocycles. The standard InChI is InChI=1S/C12H14N2O2/c1-8-2-3-9-4-5-14(11(9)6-8)7-10(13)12(15)16/h2-6,10H,7,13H2,1H3,(H,15,16). The van der Waals surface area contributed by atoms with Gasteiger partial charge in [0.05, 0.1) is 0 Å². The van der Waals surface area contributed by atoms with Crippen LogP contribution in [0, 0.1) is 6.92 Å². The van der Waals surface area contributed by atoms with Crippen molar-refractivity contribution in [3.8, 4) is 0 Å². The van der Waals surface area contributed by atoms with Crippen molar-refractivity contribution in [2.75, 3.05) is 0 Å². The molecule has 0 spiro atoms. The maximum absolute atomic E-state index is 10.7. The quantitative estimate of drug-likeness (QED) is 0.817. The van der Waals surface area contributed by atoms with Crippen LogP contribution in [0.1, 0.15) is 5.56 Å². The van der Waals surface area contributed by atoms with Gasteiger partial charge >= 0.3 is 5.97 Å². The van der Waals surface area contributed by atoms with Gasteiger partial charge in [0.1, 0.15) is 6.04 Å². The van der Waals surface area contributed by atoms with Crippen LogP contribution in [0.3, 0.4) is 0 Å². The van der Waals surface area contributed by atoms with Crippen LogP contribution in [0.4, 0.5) is 0 Å². The van der Waals surface area contributed by atoms with E-state index in [2.05, 4.69) is 0 Å². The molecule has 84 valence electrons. The lowest BCUT2D eigenvalue weighted by atomic mass is 10.2. The lowest BCUT2D eigenvalue weighted by Crippen LogP contribution is -2.34. The molecule has 0 fully saturated rings. The molecule has 1 heterocycles. The Morgan fingerprint density at radius 2 is 2.25 bits per heavy atom. The maximum Gasteiger partial charge on any atom is 0.322 e. The number of aliphatic carboxylic acids is 1. The van der Waals surface area contributed by atoms with Crippen LogP contribution in [0.25, 0.3) is 10.9 Å². The second-order valence-electron chi connectivity index (χ2n) is 3.98. The molecular formula is C12H14N2O2. The highest BCUT2D eigenvalue weighted by molar-refractivity contribution is 5.81. The molecule has 0 aliphatic heterocycles. The van der Waals surface area contributed by atoms with E-state index in [-0.39, 0.29) is 0 Å². The first-order chi connectivity index (χ1) is 7.58. The molecule has 2 rings (SSSR count). The van der Waals surface area contributed by atoms with E-state index in [9.17, 15) is 4.79 Å². The summed E-state index contributed by atoms with van der Waals surface area (Å²) < 4.78 is 1.88. The van der Waals surface area contributed by atoms with E-state index in [0.29, 0.717) is 6.54 Å². The zero-order valence-corrected chi connectivity index (χ0v) is 9.05.